The Morgan fingerprint density at radius 2 is 1.87 bits per heavy atom. The third kappa shape index (κ3) is 3.25. The maximum atomic E-state index is 12.6. The molecule has 1 aromatic carbocycles. The van der Waals surface area contributed by atoms with E-state index in [0.29, 0.717) is 21.3 Å². The topological polar surface area (TPSA) is 55.4 Å². The van der Waals surface area contributed by atoms with Gasteiger partial charge in [0.15, 0.2) is 0 Å². The van der Waals surface area contributed by atoms with Crippen molar-refractivity contribution in [1.29, 1.82) is 0 Å². The van der Waals surface area contributed by atoms with Gasteiger partial charge in [-0.05, 0) is 37.8 Å². The summed E-state index contributed by atoms with van der Waals surface area (Å²) < 4.78 is 5.34. The molecule has 1 fully saturated rings. The van der Waals surface area contributed by atoms with Gasteiger partial charge in [0.2, 0.25) is 5.91 Å². The number of rotatable bonds is 4. The molecule has 4 nitrogen and oxygen atoms in total. The first-order valence-electron chi connectivity index (χ1n) is 7.85. The predicted octanol–water partition coefficient (Wildman–Crippen LogP) is 4.19. The van der Waals surface area contributed by atoms with Crippen LogP contribution >= 0.6 is 23.2 Å². The second kappa shape index (κ2) is 6.80. The van der Waals surface area contributed by atoms with Crippen LogP contribution in [0.2, 0.25) is 10.0 Å². The van der Waals surface area contributed by atoms with Crippen molar-refractivity contribution in [3.63, 3.8) is 0 Å². The Labute approximate surface area is 145 Å². The Balaban J connectivity index is 1.73. The average molecular weight is 356 g/mol. The highest BCUT2D eigenvalue weighted by molar-refractivity contribution is 6.37. The van der Waals surface area contributed by atoms with Gasteiger partial charge in [-0.2, -0.15) is 0 Å². The summed E-state index contributed by atoms with van der Waals surface area (Å²) in [6.45, 7) is 0. The number of ketones is 1. The number of fused-ring (bicyclic) bond motifs is 1. The predicted molar refractivity (Wildman–Crippen MR) is 90.2 cm³/mol. The monoisotopic (exact) mass is 355 g/mol. The summed E-state index contributed by atoms with van der Waals surface area (Å²) in [4.78, 5) is 24.9. The van der Waals surface area contributed by atoms with Gasteiger partial charge in [-0.1, -0.05) is 23.2 Å². The molecule has 1 unspecified atom stereocenters. The Morgan fingerprint density at radius 3 is 2.52 bits per heavy atom. The van der Waals surface area contributed by atoms with Crippen molar-refractivity contribution >= 4 is 40.6 Å². The SMILES string of the molecule is COC1CCC(C(=O)CC2C(=O)Nc3c(Cl)ccc(Cl)c32)CC1. The molecule has 6 heteroatoms. The standard InChI is InChI=1S/C17H19Cl2NO3/c1-23-10-4-2-9(3-5-10)14(21)8-11-15-12(18)6-7-13(19)16(15)20-17(11)22/h6-7,9-11H,2-5,8H2,1H3,(H,20,22). The molecule has 0 bridgehead atoms. The maximum absolute atomic E-state index is 12.6. The molecule has 0 radical (unpaired) electrons. The van der Waals surface area contributed by atoms with Crippen LogP contribution in [0.1, 0.15) is 43.6 Å². The van der Waals surface area contributed by atoms with E-state index in [-0.39, 0.29) is 30.1 Å². The van der Waals surface area contributed by atoms with Crippen molar-refractivity contribution in [2.45, 2.75) is 44.1 Å². The second-order valence-corrected chi connectivity index (χ2v) is 7.05. The first-order chi connectivity index (χ1) is 11.0. The van der Waals surface area contributed by atoms with E-state index in [2.05, 4.69) is 5.32 Å². The van der Waals surface area contributed by atoms with Crippen LogP contribution in [-0.4, -0.2) is 24.9 Å². The number of ether oxygens (including phenoxy) is 1. The summed E-state index contributed by atoms with van der Waals surface area (Å²) in [7, 11) is 1.71. The van der Waals surface area contributed by atoms with E-state index in [1.54, 1.807) is 19.2 Å². The molecule has 23 heavy (non-hydrogen) atoms. The van der Waals surface area contributed by atoms with Crippen molar-refractivity contribution in [2.75, 3.05) is 12.4 Å². The molecule has 1 aliphatic carbocycles. The first kappa shape index (κ1) is 16.7. The molecule has 1 saturated carbocycles. The second-order valence-electron chi connectivity index (χ2n) is 6.24. The molecule has 0 spiro atoms. The molecule has 1 heterocycles. The molecular formula is C17H19Cl2NO3. The average Bonchev–Trinajstić information content (AvgIpc) is 2.89. The fourth-order valence-electron chi connectivity index (χ4n) is 3.56. The number of carbonyl (C=O) groups excluding carboxylic acids is 2. The zero-order chi connectivity index (χ0) is 16.6. The van der Waals surface area contributed by atoms with E-state index in [0.717, 1.165) is 25.7 Å². The zero-order valence-electron chi connectivity index (χ0n) is 12.9. The third-order valence-corrected chi connectivity index (χ3v) is 5.57. The molecule has 2 aliphatic rings. The van der Waals surface area contributed by atoms with Crippen LogP contribution in [0.4, 0.5) is 5.69 Å². The summed E-state index contributed by atoms with van der Waals surface area (Å²) in [5, 5.41) is 3.68. The first-order valence-corrected chi connectivity index (χ1v) is 8.61. The van der Waals surface area contributed by atoms with Crippen LogP contribution in [-0.2, 0) is 14.3 Å². The lowest BCUT2D eigenvalue weighted by atomic mass is 9.81. The molecule has 1 aliphatic heterocycles. The quantitative estimate of drug-likeness (QED) is 0.880. The van der Waals surface area contributed by atoms with E-state index in [4.69, 9.17) is 27.9 Å². The summed E-state index contributed by atoms with van der Waals surface area (Å²) in [6, 6.07) is 3.32. The summed E-state index contributed by atoms with van der Waals surface area (Å²) in [5.41, 5.74) is 1.20. The summed E-state index contributed by atoms with van der Waals surface area (Å²) in [5.74, 6) is -0.599. The highest BCUT2D eigenvalue weighted by Gasteiger charge is 2.37. The Hall–Kier alpha value is -1.10. The lowest BCUT2D eigenvalue weighted by Gasteiger charge is -2.27. The van der Waals surface area contributed by atoms with E-state index >= 15 is 0 Å². The van der Waals surface area contributed by atoms with Crippen LogP contribution < -0.4 is 5.32 Å². The van der Waals surface area contributed by atoms with Crippen molar-refractivity contribution in [3.8, 4) is 0 Å². The van der Waals surface area contributed by atoms with Crippen molar-refractivity contribution in [3.05, 3.63) is 27.7 Å². The molecule has 1 N–H and O–H groups in total. The van der Waals surface area contributed by atoms with Gasteiger partial charge in [-0.15, -0.1) is 0 Å². The van der Waals surface area contributed by atoms with Gasteiger partial charge in [0.05, 0.1) is 22.7 Å². The number of hydrogen-bond acceptors (Lipinski definition) is 3. The van der Waals surface area contributed by atoms with Crippen molar-refractivity contribution in [2.24, 2.45) is 5.92 Å². The minimum Gasteiger partial charge on any atom is -0.381 e. The molecule has 0 aromatic heterocycles. The van der Waals surface area contributed by atoms with Crippen molar-refractivity contribution in [1.82, 2.24) is 0 Å². The lowest BCUT2D eigenvalue weighted by molar-refractivity contribution is -0.127. The van der Waals surface area contributed by atoms with Crippen LogP contribution in [0.25, 0.3) is 0 Å². The zero-order valence-corrected chi connectivity index (χ0v) is 14.4. The lowest BCUT2D eigenvalue weighted by Crippen LogP contribution is -2.27. The van der Waals surface area contributed by atoms with E-state index in [9.17, 15) is 9.59 Å². The highest BCUT2D eigenvalue weighted by atomic mass is 35.5. The molecule has 124 valence electrons. The van der Waals surface area contributed by atoms with Crippen LogP contribution in [0.3, 0.4) is 0 Å². The van der Waals surface area contributed by atoms with Crippen LogP contribution in [0, 0.1) is 5.92 Å². The van der Waals surface area contributed by atoms with Gasteiger partial charge < -0.3 is 10.1 Å². The van der Waals surface area contributed by atoms with E-state index in [1.165, 1.54) is 0 Å². The van der Waals surface area contributed by atoms with Crippen molar-refractivity contribution < 1.29 is 14.3 Å². The van der Waals surface area contributed by atoms with Gasteiger partial charge in [-0.3, -0.25) is 9.59 Å². The minimum atomic E-state index is -0.538. The summed E-state index contributed by atoms with van der Waals surface area (Å²) >= 11 is 12.3. The molecule has 1 amide bonds. The third-order valence-electron chi connectivity index (χ3n) is 4.92. The Bertz CT molecular complexity index is 639. The van der Waals surface area contributed by atoms with E-state index in [1.807, 2.05) is 0 Å². The number of anilines is 1. The highest BCUT2D eigenvalue weighted by Crippen LogP contribution is 2.44. The largest absolute Gasteiger partial charge is 0.381 e. The number of benzene rings is 1. The van der Waals surface area contributed by atoms with Gasteiger partial charge in [-0.25, -0.2) is 0 Å². The number of methoxy groups -OCH3 is 1. The normalized spacial score (nSPS) is 26.7. The fraction of sp³-hybridized carbons (Fsp3) is 0.529. The number of carbonyl (C=O) groups is 2. The number of halogens is 2. The maximum Gasteiger partial charge on any atom is 0.232 e. The van der Waals surface area contributed by atoms with Gasteiger partial charge in [0.1, 0.15) is 5.78 Å². The number of hydrogen-bond donors (Lipinski definition) is 1. The smallest absolute Gasteiger partial charge is 0.232 e. The molecule has 0 saturated heterocycles. The number of nitrogens with one attached hydrogen (secondary N) is 1. The van der Waals surface area contributed by atoms with Crippen LogP contribution in [0.5, 0.6) is 0 Å². The van der Waals surface area contributed by atoms with Gasteiger partial charge in [0, 0.05) is 30.0 Å². The number of Topliss-reactive ketones (excluding diaryl/α,β-unsaturated/α-hetero) is 1. The minimum absolute atomic E-state index is 0.0104. The fourth-order valence-corrected chi connectivity index (χ4v) is 4.06. The van der Waals surface area contributed by atoms with E-state index < -0.39 is 5.92 Å². The molecule has 1 atom stereocenters. The van der Waals surface area contributed by atoms with Gasteiger partial charge >= 0.3 is 0 Å². The summed E-state index contributed by atoms with van der Waals surface area (Å²) in [6.07, 6.45) is 3.87. The number of amides is 1. The van der Waals surface area contributed by atoms with Crippen LogP contribution in [0.15, 0.2) is 12.1 Å². The van der Waals surface area contributed by atoms with Gasteiger partial charge in [0.25, 0.3) is 0 Å². The molecule has 3 rings (SSSR count). The molecule has 1 aromatic rings. The Kier molecular flexibility index (Phi) is 4.95. The Morgan fingerprint density at radius 1 is 1.22 bits per heavy atom. The molecular weight excluding hydrogens is 337 g/mol.